The van der Waals surface area contributed by atoms with E-state index in [0.717, 1.165) is 9.17 Å². The zero-order valence-electron chi connectivity index (χ0n) is 10.00. The summed E-state index contributed by atoms with van der Waals surface area (Å²) in [5.41, 5.74) is 6.03. The molecule has 2 rings (SSSR count). The smallest absolute Gasteiger partial charge is 0.322 e. The van der Waals surface area contributed by atoms with Gasteiger partial charge in [0.05, 0.1) is 15.1 Å². The molecule has 0 aliphatic carbocycles. The minimum Gasteiger partial charge on any atom is -0.480 e. The highest BCUT2D eigenvalue weighted by molar-refractivity contribution is 9.10. The average molecular weight is 425 g/mol. The number of rotatable bonds is 4. The van der Waals surface area contributed by atoms with Crippen LogP contribution in [0.2, 0.25) is 0 Å². The quantitative estimate of drug-likeness (QED) is 0.693. The second kappa shape index (κ2) is 7.11. The molecular weight excluding hydrogens is 414 g/mol. The van der Waals surface area contributed by atoms with Crippen LogP contribution in [-0.2, 0) is 4.79 Å². The average Bonchev–Trinajstić information content (AvgIpc) is 2.80. The molecular formula is C11H11Br2N3O3S. The Morgan fingerprint density at radius 1 is 1.55 bits per heavy atom. The first kappa shape index (κ1) is 17.0. The van der Waals surface area contributed by atoms with Gasteiger partial charge in [0.15, 0.2) is 0 Å². The number of fused-ring (bicyclic) bond motifs is 1. The van der Waals surface area contributed by atoms with Crippen LogP contribution in [0.5, 0.6) is 0 Å². The first-order valence-corrected chi connectivity index (χ1v) is 6.90. The summed E-state index contributed by atoms with van der Waals surface area (Å²) in [6.45, 7) is -0.114. The van der Waals surface area contributed by atoms with E-state index in [0.29, 0.717) is 10.4 Å². The van der Waals surface area contributed by atoms with Gasteiger partial charge in [-0.2, -0.15) is 0 Å². The summed E-state index contributed by atoms with van der Waals surface area (Å²) in [5, 5.41) is 11.1. The Morgan fingerprint density at radius 2 is 2.25 bits per heavy atom. The molecule has 2 heterocycles. The van der Waals surface area contributed by atoms with E-state index in [-0.39, 0.29) is 29.4 Å². The standard InChI is InChI=1S/C11H10BrN3O3S.BrH/c12-5-1-2-14-7-3-8(19-9(5)7)10(16)15-4-6(13)11(17)18;/h1-3,6H,4,13H2,(H,15,16)(H,17,18);1H/t6-;/m1./s1. The van der Waals surface area contributed by atoms with Gasteiger partial charge < -0.3 is 16.2 Å². The molecule has 20 heavy (non-hydrogen) atoms. The van der Waals surface area contributed by atoms with Crippen LogP contribution in [0.1, 0.15) is 9.67 Å². The minimum absolute atomic E-state index is 0. The number of carboxylic acids is 1. The van der Waals surface area contributed by atoms with Crippen molar-refractivity contribution in [3.05, 3.63) is 27.7 Å². The molecule has 0 aromatic carbocycles. The highest BCUT2D eigenvalue weighted by atomic mass is 79.9. The van der Waals surface area contributed by atoms with E-state index >= 15 is 0 Å². The lowest BCUT2D eigenvalue weighted by Gasteiger charge is -2.06. The van der Waals surface area contributed by atoms with E-state index in [1.165, 1.54) is 11.3 Å². The maximum Gasteiger partial charge on any atom is 0.322 e. The molecule has 0 saturated carbocycles. The van der Waals surface area contributed by atoms with Crippen molar-refractivity contribution in [1.29, 1.82) is 0 Å². The lowest BCUT2D eigenvalue weighted by atomic mass is 10.3. The third kappa shape index (κ3) is 3.75. The maximum absolute atomic E-state index is 11.9. The number of nitrogens with zero attached hydrogens (tertiary/aromatic N) is 1. The summed E-state index contributed by atoms with van der Waals surface area (Å²) in [6, 6.07) is 2.34. The Kier molecular flexibility index (Phi) is 6.06. The lowest BCUT2D eigenvalue weighted by Crippen LogP contribution is -2.42. The summed E-state index contributed by atoms with van der Waals surface area (Å²) >= 11 is 4.66. The van der Waals surface area contributed by atoms with Gasteiger partial charge in [0.2, 0.25) is 0 Å². The molecule has 0 aliphatic heterocycles. The Labute approximate surface area is 137 Å². The van der Waals surface area contributed by atoms with Gasteiger partial charge in [-0.3, -0.25) is 14.6 Å². The minimum atomic E-state index is -1.15. The van der Waals surface area contributed by atoms with Crippen molar-refractivity contribution in [1.82, 2.24) is 10.3 Å². The van der Waals surface area contributed by atoms with Gasteiger partial charge in [-0.15, -0.1) is 28.3 Å². The molecule has 0 unspecified atom stereocenters. The van der Waals surface area contributed by atoms with Gasteiger partial charge in [0.25, 0.3) is 5.91 Å². The highest BCUT2D eigenvalue weighted by Crippen LogP contribution is 2.30. The molecule has 1 atom stereocenters. The van der Waals surface area contributed by atoms with E-state index < -0.39 is 12.0 Å². The molecule has 0 aliphatic rings. The van der Waals surface area contributed by atoms with Crippen LogP contribution in [0.25, 0.3) is 10.2 Å². The number of aliphatic carboxylic acids is 1. The van der Waals surface area contributed by atoms with Crippen molar-refractivity contribution in [2.24, 2.45) is 5.73 Å². The normalized spacial score (nSPS) is 11.7. The predicted molar refractivity (Wildman–Crippen MR) is 85.6 cm³/mol. The number of nitrogens with two attached hydrogens (primary N) is 1. The Bertz CT molecular complexity index is 647. The number of carboxylic acid groups (broad SMARTS) is 1. The zero-order chi connectivity index (χ0) is 14.0. The second-order valence-electron chi connectivity index (χ2n) is 3.77. The van der Waals surface area contributed by atoms with Crippen molar-refractivity contribution >= 4 is 66.3 Å². The highest BCUT2D eigenvalue weighted by Gasteiger charge is 2.16. The SMILES string of the molecule is Br.N[C@H](CNC(=O)c1cc2nccc(Br)c2s1)C(=O)O. The lowest BCUT2D eigenvalue weighted by molar-refractivity contribution is -0.138. The molecule has 1 amide bonds. The van der Waals surface area contributed by atoms with Crippen molar-refractivity contribution in [3.8, 4) is 0 Å². The van der Waals surface area contributed by atoms with Gasteiger partial charge in [-0.1, -0.05) is 0 Å². The molecule has 0 saturated heterocycles. The number of hydrogen-bond donors (Lipinski definition) is 3. The number of amides is 1. The van der Waals surface area contributed by atoms with Crippen LogP contribution in [0.4, 0.5) is 0 Å². The molecule has 4 N–H and O–H groups in total. The van der Waals surface area contributed by atoms with E-state index in [1.54, 1.807) is 18.3 Å². The Morgan fingerprint density at radius 3 is 2.85 bits per heavy atom. The molecule has 6 nitrogen and oxygen atoms in total. The fourth-order valence-corrected chi connectivity index (χ4v) is 2.90. The molecule has 0 bridgehead atoms. The Hall–Kier alpha value is -1.03. The van der Waals surface area contributed by atoms with Crippen LogP contribution in [-0.4, -0.2) is 34.6 Å². The van der Waals surface area contributed by atoms with Crippen molar-refractivity contribution in [3.63, 3.8) is 0 Å². The van der Waals surface area contributed by atoms with Crippen molar-refractivity contribution in [2.75, 3.05) is 6.54 Å². The van der Waals surface area contributed by atoms with Gasteiger partial charge in [0, 0.05) is 17.2 Å². The molecule has 9 heteroatoms. The van der Waals surface area contributed by atoms with Gasteiger partial charge >= 0.3 is 5.97 Å². The maximum atomic E-state index is 11.9. The molecule has 2 aromatic rings. The summed E-state index contributed by atoms with van der Waals surface area (Å²) in [7, 11) is 0. The van der Waals surface area contributed by atoms with E-state index in [1.807, 2.05) is 0 Å². The summed E-state index contributed by atoms with van der Waals surface area (Å²) in [4.78, 5) is 27.0. The van der Waals surface area contributed by atoms with Crippen LogP contribution < -0.4 is 11.1 Å². The number of nitrogens with one attached hydrogen (secondary N) is 1. The molecule has 108 valence electrons. The number of carbonyl (C=O) groups is 2. The van der Waals surface area contributed by atoms with Crippen LogP contribution in [0, 0.1) is 0 Å². The topological polar surface area (TPSA) is 105 Å². The van der Waals surface area contributed by atoms with Crippen LogP contribution in [0.3, 0.4) is 0 Å². The van der Waals surface area contributed by atoms with E-state index in [2.05, 4.69) is 26.2 Å². The fourth-order valence-electron chi connectivity index (χ4n) is 1.40. The van der Waals surface area contributed by atoms with Crippen molar-refractivity contribution in [2.45, 2.75) is 6.04 Å². The fraction of sp³-hybridized carbons (Fsp3) is 0.182. The van der Waals surface area contributed by atoms with E-state index in [4.69, 9.17) is 10.8 Å². The second-order valence-corrected chi connectivity index (χ2v) is 5.68. The van der Waals surface area contributed by atoms with Crippen LogP contribution in [0.15, 0.2) is 22.8 Å². The van der Waals surface area contributed by atoms with Crippen molar-refractivity contribution < 1.29 is 14.7 Å². The van der Waals surface area contributed by atoms with Gasteiger partial charge in [0.1, 0.15) is 6.04 Å². The molecule has 0 fully saturated rings. The predicted octanol–water partition coefficient (Wildman–Crippen LogP) is 1.78. The first-order chi connectivity index (χ1) is 8.99. The summed E-state index contributed by atoms with van der Waals surface area (Å²) in [6.07, 6.45) is 1.64. The third-order valence-electron chi connectivity index (χ3n) is 2.39. The number of carbonyl (C=O) groups excluding carboxylic acids is 1. The number of thiophene rings is 1. The first-order valence-electron chi connectivity index (χ1n) is 5.29. The summed E-state index contributed by atoms with van der Waals surface area (Å²) in [5.74, 6) is -1.51. The van der Waals surface area contributed by atoms with Crippen LogP contribution >= 0.6 is 44.2 Å². The molecule has 0 radical (unpaired) electrons. The number of hydrogen-bond acceptors (Lipinski definition) is 5. The van der Waals surface area contributed by atoms with Gasteiger partial charge in [-0.25, -0.2) is 0 Å². The molecule has 0 spiro atoms. The number of pyridine rings is 1. The van der Waals surface area contributed by atoms with E-state index in [9.17, 15) is 9.59 Å². The monoisotopic (exact) mass is 423 g/mol. The summed E-state index contributed by atoms with van der Waals surface area (Å²) < 4.78 is 1.74. The number of aromatic nitrogens is 1. The number of halogens is 2. The zero-order valence-corrected chi connectivity index (χ0v) is 14.1. The largest absolute Gasteiger partial charge is 0.480 e. The molecule has 2 aromatic heterocycles. The Balaban J connectivity index is 0.00000200. The third-order valence-corrected chi connectivity index (χ3v) is 4.47. The van der Waals surface area contributed by atoms with Gasteiger partial charge in [-0.05, 0) is 28.1 Å².